The average Bonchev–Trinajstić information content (AvgIpc) is 3.74. The molecule has 10 aromatic rings. The molecule has 0 unspecified atom stereocenters. The molecule has 5 nitrogen and oxygen atoms in total. The first-order valence-electron chi connectivity index (χ1n) is 16.3. The highest BCUT2D eigenvalue weighted by Gasteiger charge is 2.18. The normalized spacial score (nSPS) is 11.7. The van der Waals surface area contributed by atoms with E-state index in [4.69, 9.17) is 18.8 Å². The average molecular weight is 630 g/mol. The number of aromatic nitrogens is 2. The minimum absolute atomic E-state index is 0.798. The zero-order chi connectivity index (χ0) is 32.3. The molecule has 4 aromatic heterocycles. The number of anilines is 3. The Morgan fingerprint density at radius 1 is 0.388 bits per heavy atom. The number of hydrogen-bond donors (Lipinski definition) is 0. The summed E-state index contributed by atoms with van der Waals surface area (Å²) in [5.74, 6) is 0. The van der Waals surface area contributed by atoms with Crippen LogP contribution in [0.1, 0.15) is 0 Å². The summed E-state index contributed by atoms with van der Waals surface area (Å²) in [6.07, 6.45) is 3.72. The lowest BCUT2D eigenvalue weighted by Gasteiger charge is -2.26. The quantitative estimate of drug-likeness (QED) is 0.190. The second kappa shape index (κ2) is 10.9. The van der Waals surface area contributed by atoms with Crippen molar-refractivity contribution in [1.82, 2.24) is 9.97 Å². The molecule has 0 saturated heterocycles. The molecule has 4 heterocycles. The Morgan fingerprint density at radius 2 is 0.857 bits per heavy atom. The number of fused-ring (bicyclic) bond motifs is 7. The number of pyridine rings is 2. The Balaban J connectivity index is 1.08. The second-order valence-corrected chi connectivity index (χ2v) is 12.2. The largest absolute Gasteiger partial charge is 0.454 e. The van der Waals surface area contributed by atoms with E-state index in [9.17, 15) is 0 Å². The topological polar surface area (TPSA) is 55.3 Å². The summed E-state index contributed by atoms with van der Waals surface area (Å²) in [5.41, 5.74) is 10.1. The van der Waals surface area contributed by atoms with Crippen LogP contribution in [0.25, 0.3) is 77.2 Å². The van der Waals surface area contributed by atoms with Gasteiger partial charge in [-0.15, -0.1) is 0 Å². The van der Waals surface area contributed by atoms with E-state index in [1.54, 1.807) is 0 Å². The van der Waals surface area contributed by atoms with E-state index < -0.39 is 0 Å². The summed E-state index contributed by atoms with van der Waals surface area (Å²) in [5, 5.41) is 6.70. The van der Waals surface area contributed by atoms with Crippen LogP contribution in [0.2, 0.25) is 0 Å². The zero-order valence-electron chi connectivity index (χ0n) is 26.2. The first-order chi connectivity index (χ1) is 24.3. The number of nitrogens with zero attached hydrogens (tertiary/aromatic N) is 3. The number of benzene rings is 6. The molecule has 0 saturated carbocycles. The Hall–Kier alpha value is -6.72. The fraction of sp³-hybridized carbons (Fsp3) is 0. The molecule has 0 radical (unpaired) electrons. The van der Waals surface area contributed by atoms with Gasteiger partial charge in [0.1, 0.15) is 22.6 Å². The molecule has 0 aliphatic rings. The molecule has 0 spiro atoms. The number of rotatable bonds is 5. The van der Waals surface area contributed by atoms with Crippen molar-refractivity contribution >= 4 is 71.7 Å². The Morgan fingerprint density at radius 3 is 1.41 bits per heavy atom. The van der Waals surface area contributed by atoms with Crippen molar-refractivity contribution in [3.05, 3.63) is 164 Å². The van der Waals surface area contributed by atoms with Crippen molar-refractivity contribution in [2.75, 3.05) is 4.90 Å². The molecule has 0 N–H and O–H groups in total. The lowest BCUT2D eigenvalue weighted by molar-refractivity contribution is 0.668. The standard InChI is InChI=1S/C44H27N3O2/c1-2-8-31-27-34(22-13-28(31)7-1)47(32-18-14-29(15-19-32)41-43-37(23-25-45-41)35-9-3-5-11-39(35)48-43)33-20-16-30(17-21-33)42-44-38(24-26-46-42)36-10-4-6-12-40(36)49-44/h1-27H. The SMILES string of the molecule is c1ccc2cc(N(c3ccc(-c4nccc5c4oc4ccccc45)cc3)c3ccc(-c4nccc5c4oc4ccccc45)cc3)ccc2c1. The molecule has 49 heavy (non-hydrogen) atoms. The summed E-state index contributed by atoms with van der Waals surface area (Å²) in [7, 11) is 0. The summed E-state index contributed by atoms with van der Waals surface area (Å²) in [6, 6.07) is 52.4. The monoisotopic (exact) mass is 629 g/mol. The molecule has 230 valence electrons. The maximum Gasteiger partial charge on any atom is 0.161 e. The highest BCUT2D eigenvalue weighted by molar-refractivity contribution is 6.09. The van der Waals surface area contributed by atoms with Gasteiger partial charge in [0, 0.05) is 62.1 Å². The summed E-state index contributed by atoms with van der Waals surface area (Å²) < 4.78 is 12.6. The Kier molecular flexibility index (Phi) is 6.11. The van der Waals surface area contributed by atoms with Crippen LogP contribution in [0.4, 0.5) is 17.1 Å². The van der Waals surface area contributed by atoms with Gasteiger partial charge in [0.05, 0.1) is 0 Å². The van der Waals surface area contributed by atoms with Crippen molar-refractivity contribution < 1.29 is 8.83 Å². The summed E-state index contributed by atoms with van der Waals surface area (Å²) >= 11 is 0. The van der Waals surface area contributed by atoms with Crippen LogP contribution >= 0.6 is 0 Å². The van der Waals surface area contributed by atoms with E-state index in [0.29, 0.717) is 0 Å². The van der Waals surface area contributed by atoms with Gasteiger partial charge in [-0.2, -0.15) is 0 Å². The van der Waals surface area contributed by atoms with Gasteiger partial charge in [-0.3, -0.25) is 9.97 Å². The maximum absolute atomic E-state index is 6.30. The first kappa shape index (κ1) is 27.4. The lowest BCUT2D eigenvalue weighted by Crippen LogP contribution is -2.10. The molecule has 0 aliphatic carbocycles. The zero-order valence-corrected chi connectivity index (χ0v) is 26.2. The molecule has 0 amide bonds. The summed E-state index contributed by atoms with van der Waals surface area (Å²) in [6.45, 7) is 0. The van der Waals surface area contributed by atoms with Crippen molar-refractivity contribution in [3.63, 3.8) is 0 Å². The Bertz CT molecular complexity index is 2670. The van der Waals surface area contributed by atoms with Gasteiger partial charge in [0.15, 0.2) is 11.2 Å². The van der Waals surface area contributed by atoms with Crippen LogP contribution in [-0.4, -0.2) is 9.97 Å². The summed E-state index contributed by atoms with van der Waals surface area (Å²) in [4.78, 5) is 11.8. The van der Waals surface area contributed by atoms with Crippen LogP contribution in [0.3, 0.4) is 0 Å². The van der Waals surface area contributed by atoms with Gasteiger partial charge in [-0.1, -0.05) is 91.0 Å². The fourth-order valence-corrected chi connectivity index (χ4v) is 7.01. The van der Waals surface area contributed by atoms with Crippen LogP contribution in [-0.2, 0) is 0 Å². The molecule has 5 heteroatoms. The van der Waals surface area contributed by atoms with Gasteiger partial charge in [0.2, 0.25) is 0 Å². The van der Waals surface area contributed by atoms with Gasteiger partial charge in [-0.25, -0.2) is 0 Å². The molecular weight excluding hydrogens is 603 g/mol. The molecule has 0 bridgehead atoms. The predicted molar refractivity (Wildman–Crippen MR) is 200 cm³/mol. The number of para-hydroxylation sites is 2. The van der Waals surface area contributed by atoms with Gasteiger partial charge >= 0.3 is 0 Å². The highest BCUT2D eigenvalue weighted by atomic mass is 16.3. The van der Waals surface area contributed by atoms with E-state index in [-0.39, 0.29) is 0 Å². The van der Waals surface area contributed by atoms with E-state index in [1.807, 2.05) is 60.9 Å². The molecule has 0 atom stereocenters. The van der Waals surface area contributed by atoms with Crippen molar-refractivity contribution in [1.29, 1.82) is 0 Å². The third-order valence-corrected chi connectivity index (χ3v) is 9.38. The second-order valence-electron chi connectivity index (χ2n) is 12.2. The van der Waals surface area contributed by atoms with Crippen molar-refractivity contribution in [3.8, 4) is 22.5 Å². The molecular formula is C44H27N3O2. The third kappa shape index (κ3) is 4.48. The lowest BCUT2D eigenvalue weighted by atomic mass is 10.0. The van der Waals surface area contributed by atoms with E-state index in [1.165, 1.54) is 10.8 Å². The first-order valence-corrected chi connectivity index (χ1v) is 16.3. The van der Waals surface area contributed by atoms with E-state index >= 15 is 0 Å². The van der Waals surface area contributed by atoms with E-state index in [0.717, 1.165) is 83.5 Å². The molecule has 10 rings (SSSR count). The minimum Gasteiger partial charge on any atom is -0.454 e. The molecule has 0 aliphatic heterocycles. The Labute approximate surface area is 281 Å². The highest BCUT2D eigenvalue weighted by Crippen LogP contribution is 2.40. The van der Waals surface area contributed by atoms with Gasteiger partial charge in [0.25, 0.3) is 0 Å². The maximum atomic E-state index is 6.30. The minimum atomic E-state index is 0.798. The van der Waals surface area contributed by atoms with E-state index in [2.05, 4.69) is 108 Å². The van der Waals surface area contributed by atoms with Crippen LogP contribution in [0, 0.1) is 0 Å². The van der Waals surface area contributed by atoms with Gasteiger partial charge < -0.3 is 13.7 Å². The molecule has 0 fully saturated rings. The van der Waals surface area contributed by atoms with Crippen LogP contribution < -0.4 is 4.90 Å². The fourth-order valence-electron chi connectivity index (χ4n) is 7.01. The molecule has 6 aromatic carbocycles. The predicted octanol–water partition coefficient (Wildman–Crippen LogP) is 12.2. The van der Waals surface area contributed by atoms with Crippen LogP contribution in [0.15, 0.2) is 173 Å². The number of furan rings is 2. The third-order valence-electron chi connectivity index (χ3n) is 9.38. The van der Waals surface area contributed by atoms with Crippen molar-refractivity contribution in [2.24, 2.45) is 0 Å². The smallest absolute Gasteiger partial charge is 0.161 e. The van der Waals surface area contributed by atoms with Crippen molar-refractivity contribution in [2.45, 2.75) is 0 Å². The number of hydrogen-bond acceptors (Lipinski definition) is 5. The van der Waals surface area contributed by atoms with Crippen LogP contribution in [0.5, 0.6) is 0 Å². The van der Waals surface area contributed by atoms with Gasteiger partial charge in [-0.05, 0) is 71.4 Å².